The number of ether oxygens (including phenoxy) is 2. The van der Waals surface area contributed by atoms with E-state index < -0.39 is 17.5 Å². The Morgan fingerprint density at radius 3 is 2.41 bits per heavy atom. The van der Waals surface area contributed by atoms with Crippen LogP contribution >= 0.6 is 0 Å². The lowest BCUT2D eigenvalue weighted by Gasteiger charge is -2.19. The molecule has 1 unspecified atom stereocenters. The first-order valence-corrected chi connectivity index (χ1v) is 8.80. The van der Waals surface area contributed by atoms with Crippen molar-refractivity contribution in [3.05, 3.63) is 67.0 Å². The molecule has 146 valence electrons. The lowest BCUT2D eigenvalue weighted by atomic mass is 9.94. The van der Waals surface area contributed by atoms with E-state index in [0.29, 0.717) is 5.56 Å². The summed E-state index contributed by atoms with van der Waals surface area (Å²) in [6.07, 6.45) is -0.574. The van der Waals surface area contributed by atoms with E-state index in [0.717, 1.165) is 15.7 Å². The van der Waals surface area contributed by atoms with Gasteiger partial charge in [0.2, 0.25) is 5.78 Å². The van der Waals surface area contributed by atoms with Gasteiger partial charge in [-0.1, -0.05) is 37.6 Å². The van der Waals surface area contributed by atoms with Gasteiger partial charge in [0.25, 0.3) is 5.56 Å². The molecule has 0 saturated carbocycles. The minimum atomic E-state index is -0.694. The molecule has 7 heteroatoms. The Morgan fingerprint density at radius 1 is 1.19 bits per heavy atom. The highest BCUT2D eigenvalue weighted by atomic mass is 16.7. The molecule has 0 fully saturated rings. The zero-order valence-electron chi connectivity index (χ0n) is 16.6. The van der Waals surface area contributed by atoms with Crippen LogP contribution in [0, 0.1) is 13.8 Å². The fraction of sp³-hybridized carbons (Fsp3) is 0.450. The number of aromatic amines is 1. The van der Waals surface area contributed by atoms with Crippen molar-refractivity contribution in [3.8, 4) is 0 Å². The second-order valence-electron chi connectivity index (χ2n) is 6.85. The fourth-order valence-corrected chi connectivity index (χ4v) is 2.93. The zero-order chi connectivity index (χ0) is 20.3. The van der Waals surface area contributed by atoms with E-state index in [4.69, 9.17) is 9.47 Å². The average molecular weight is 374 g/mol. The maximum Gasteiger partial charge on any atom is 0.330 e. The Labute approximate surface area is 157 Å². The van der Waals surface area contributed by atoms with Crippen LogP contribution in [0.5, 0.6) is 0 Å². The number of aryl methyl sites for hydroxylation is 2. The number of hydrogen-bond donors (Lipinski definition) is 1. The van der Waals surface area contributed by atoms with Crippen LogP contribution in [-0.4, -0.2) is 28.7 Å². The summed E-state index contributed by atoms with van der Waals surface area (Å²) in [6, 6.07) is 5.43. The van der Waals surface area contributed by atoms with E-state index in [9.17, 15) is 14.4 Å². The Morgan fingerprint density at radius 2 is 1.85 bits per heavy atom. The molecule has 0 bridgehead atoms. The van der Waals surface area contributed by atoms with Gasteiger partial charge in [-0.3, -0.25) is 19.1 Å². The molecule has 0 amide bonds. The van der Waals surface area contributed by atoms with Gasteiger partial charge in [-0.05, 0) is 32.3 Å². The van der Waals surface area contributed by atoms with Crippen LogP contribution in [-0.2, 0) is 16.2 Å². The van der Waals surface area contributed by atoms with Crippen molar-refractivity contribution >= 4 is 5.78 Å². The van der Waals surface area contributed by atoms with Gasteiger partial charge >= 0.3 is 5.69 Å². The summed E-state index contributed by atoms with van der Waals surface area (Å²) in [5.41, 5.74) is 1.30. The van der Waals surface area contributed by atoms with E-state index in [-0.39, 0.29) is 29.7 Å². The summed E-state index contributed by atoms with van der Waals surface area (Å²) in [4.78, 5) is 40.5. The van der Waals surface area contributed by atoms with Gasteiger partial charge in [0.05, 0.1) is 0 Å². The molecule has 0 aliphatic rings. The lowest BCUT2D eigenvalue weighted by Crippen LogP contribution is -2.39. The summed E-state index contributed by atoms with van der Waals surface area (Å²) >= 11 is 0. The predicted octanol–water partition coefficient (Wildman–Crippen LogP) is 2.47. The maximum absolute atomic E-state index is 13.3. The van der Waals surface area contributed by atoms with Gasteiger partial charge in [0.1, 0.15) is 12.4 Å². The molecule has 7 nitrogen and oxygen atoms in total. The summed E-state index contributed by atoms with van der Waals surface area (Å²) in [5, 5.41) is 0. The number of carbonyl (C=O) groups excluding carboxylic acids is 1. The molecule has 1 aromatic carbocycles. The monoisotopic (exact) mass is 374 g/mol. The number of carbonyl (C=O) groups is 1. The minimum Gasteiger partial charge on any atom is -0.356 e. The second kappa shape index (κ2) is 8.45. The second-order valence-corrected chi connectivity index (χ2v) is 6.85. The Hall–Kier alpha value is -2.51. The number of rotatable bonds is 7. The van der Waals surface area contributed by atoms with Crippen LogP contribution < -0.4 is 11.2 Å². The highest BCUT2D eigenvalue weighted by molar-refractivity contribution is 6.09. The van der Waals surface area contributed by atoms with E-state index in [1.54, 1.807) is 26.8 Å². The van der Waals surface area contributed by atoms with Crippen LogP contribution in [0.3, 0.4) is 0 Å². The summed E-state index contributed by atoms with van der Waals surface area (Å²) in [5.74, 6) is -0.641. The largest absolute Gasteiger partial charge is 0.356 e. The van der Waals surface area contributed by atoms with Gasteiger partial charge in [-0.2, -0.15) is 0 Å². The van der Waals surface area contributed by atoms with Gasteiger partial charge < -0.3 is 9.47 Å². The topological polar surface area (TPSA) is 90.4 Å². The van der Waals surface area contributed by atoms with Crippen LogP contribution in [0.1, 0.15) is 59.4 Å². The molecule has 1 atom stereocenters. The number of nitrogens with one attached hydrogen (secondary N) is 1. The summed E-state index contributed by atoms with van der Waals surface area (Å²) < 4.78 is 11.7. The van der Waals surface area contributed by atoms with Crippen molar-refractivity contribution in [2.24, 2.45) is 0 Å². The standard InChI is InChI=1S/C20H26N2O5/c1-11(2)16-17(18(23)15-8-7-12(3)9-13(15)4)22(10-27-14(5)26-6)20(25)21-19(16)24/h7-9,11,14H,10H2,1-6H3,(H,21,24,25). The Balaban J connectivity index is 2.71. The van der Waals surface area contributed by atoms with Gasteiger partial charge in [-0.15, -0.1) is 0 Å². The average Bonchev–Trinajstić information content (AvgIpc) is 2.59. The van der Waals surface area contributed by atoms with E-state index >= 15 is 0 Å². The molecule has 27 heavy (non-hydrogen) atoms. The van der Waals surface area contributed by atoms with E-state index in [1.807, 2.05) is 26.0 Å². The Bertz CT molecular complexity index is 956. The molecule has 0 aliphatic carbocycles. The van der Waals surface area contributed by atoms with Crippen LogP contribution in [0.25, 0.3) is 0 Å². The SMILES string of the molecule is COC(C)OCn1c(C(=O)c2ccc(C)cc2C)c(C(C)C)c(=O)[nH]c1=O. The molecule has 1 N–H and O–H groups in total. The van der Waals surface area contributed by atoms with Crippen molar-refractivity contribution in [1.29, 1.82) is 0 Å². The predicted molar refractivity (Wildman–Crippen MR) is 102 cm³/mol. The first-order chi connectivity index (χ1) is 12.7. The molecule has 0 aliphatic heterocycles. The highest BCUT2D eigenvalue weighted by Gasteiger charge is 2.25. The van der Waals surface area contributed by atoms with Crippen LogP contribution in [0.15, 0.2) is 27.8 Å². The zero-order valence-corrected chi connectivity index (χ0v) is 16.6. The van der Waals surface area contributed by atoms with Crippen molar-refractivity contribution < 1.29 is 14.3 Å². The maximum atomic E-state index is 13.3. The number of H-pyrrole nitrogens is 1. The normalized spacial score (nSPS) is 12.4. The van der Waals surface area contributed by atoms with Crippen molar-refractivity contribution in [1.82, 2.24) is 9.55 Å². The number of ketones is 1. The van der Waals surface area contributed by atoms with E-state index in [2.05, 4.69) is 4.98 Å². The molecule has 2 aromatic rings. The molecule has 0 saturated heterocycles. The molecule has 2 rings (SSSR count). The molecular weight excluding hydrogens is 348 g/mol. The third-order valence-corrected chi connectivity index (χ3v) is 4.42. The number of methoxy groups -OCH3 is 1. The van der Waals surface area contributed by atoms with Crippen molar-refractivity contribution in [2.45, 2.75) is 53.6 Å². The molecule has 0 radical (unpaired) electrons. The quantitative estimate of drug-likeness (QED) is 0.594. The summed E-state index contributed by atoms with van der Waals surface area (Å²) in [7, 11) is 1.47. The first-order valence-electron chi connectivity index (χ1n) is 8.80. The van der Waals surface area contributed by atoms with Crippen LogP contribution in [0.2, 0.25) is 0 Å². The van der Waals surface area contributed by atoms with Gasteiger partial charge in [0, 0.05) is 18.2 Å². The third kappa shape index (κ3) is 4.43. The number of aromatic nitrogens is 2. The first kappa shape index (κ1) is 20.8. The fourth-order valence-electron chi connectivity index (χ4n) is 2.93. The molecule has 1 aromatic heterocycles. The minimum absolute atomic E-state index is 0.0500. The summed E-state index contributed by atoms with van der Waals surface area (Å²) in [6.45, 7) is 8.83. The number of nitrogens with zero attached hydrogens (tertiary/aromatic N) is 1. The van der Waals surface area contributed by atoms with E-state index in [1.165, 1.54) is 7.11 Å². The van der Waals surface area contributed by atoms with Gasteiger partial charge in [-0.25, -0.2) is 4.79 Å². The lowest BCUT2D eigenvalue weighted by molar-refractivity contribution is -0.135. The van der Waals surface area contributed by atoms with Crippen molar-refractivity contribution in [2.75, 3.05) is 7.11 Å². The molecule has 0 spiro atoms. The highest BCUT2D eigenvalue weighted by Crippen LogP contribution is 2.21. The molecular formula is C20H26N2O5. The molecule has 1 heterocycles. The number of benzene rings is 1. The smallest absolute Gasteiger partial charge is 0.330 e. The van der Waals surface area contributed by atoms with Crippen molar-refractivity contribution in [3.63, 3.8) is 0 Å². The Kier molecular flexibility index (Phi) is 6.51. The number of hydrogen-bond acceptors (Lipinski definition) is 5. The van der Waals surface area contributed by atoms with Gasteiger partial charge in [0.15, 0.2) is 6.29 Å². The van der Waals surface area contributed by atoms with Crippen LogP contribution in [0.4, 0.5) is 0 Å². The third-order valence-electron chi connectivity index (χ3n) is 4.42.